The van der Waals surface area contributed by atoms with E-state index in [2.05, 4.69) is 25.4 Å². The maximum absolute atomic E-state index is 13.3. The summed E-state index contributed by atoms with van der Waals surface area (Å²) >= 11 is 6.11. The van der Waals surface area contributed by atoms with E-state index in [4.69, 9.17) is 25.8 Å². The Hall–Kier alpha value is -4.39. The van der Waals surface area contributed by atoms with Crippen LogP contribution < -0.4 is 14.8 Å². The van der Waals surface area contributed by atoms with E-state index in [-0.39, 0.29) is 28.8 Å². The molecule has 192 valence electrons. The van der Waals surface area contributed by atoms with Crippen molar-refractivity contribution in [1.82, 2.24) is 24.7 Å². The number of esters is 1. The topological polar surface area (TPSA) is 113 Å². The summed E-state index contributed by atoms with van der Waals surface area (Å²) in [4.78, 5) is 25.0. The summed E-state index contributed by atoms with van der Waals surface area (Å²) in [6.07, 6.45) is -0.849. The second-order valence-corrected chi connectivity index (χ2v) is 7.79. The number of nitrogens with one attached hydrogen (secondary N) is 1. The molecule has 10 nitrogen and oxygen atoms in total. The Morgan fingerprint density at radius 2 is 1.84 bits per heavy atom. The molecule has 0 aliphatic rings. The number of alkyl halides is 3. The van der Waals surface area contributed by atoms with Crippen molar-refractivity contribution in [2.45, 2.75) is 6.18 Å². The highest BCUT2D eigenvalue weighted by atomic mass is 35.5. The van der Waals surface area contributed by atoms with Gasteiger partial charge in [-0.2, -0.15) is 23.3 Å². The molecule has 0 saturated carbocycles. The summed E-state index contributed by atoms with van der Waals surface area (Å²) in [5.41, 5.74) is -0.117. The van der Waals surface area contributed by atoms with Gasteiger partial charge in [-0.25, -0.2) is 19.4 Å². The van der Waals surface area contributed by atoms with Gasteiger partial charge in [-0.3, -0.25) is 0 Å². The maximum atomic E-state index is 13.3. The Labute approximate surface area is 213 Å². The van der Waals surface area contributed by atoms with Crippen molar-refractivity contribution >= 4 is 29.2 Å². The van der Waals surface area contributed by atoms with Gasteiger partial charge >= 0.3 is 12.1 Å². The molecule has 37 heavy (non-hydrogen) atoms. The number of rotatable bonds is 7. The fourth-order valence-corrected chi connectivity index (χ4v) is 3.53. The third kappa shape index (κ3) is 5.56. The second-order valence-electron chi connectivity index (χ2n) is 7.35. The third-order valence-electron chi connectivity index (χ3n) is 4.99. The van der Waals surface area contributed by atoms with E-state index < -0.39 is 17.8 Å². The lowest BCUT2D eigenvalue weighted by molar-refractivity contribution is -0.141. The highest BCUT2D eigenvalue weighted by molar-refractivity contribution is 6.31. The van der Waals surface area contributed by atoms with E-state index in [1.807, 2.05) is 0 Å². The minimum absolute atomic E-state index is 0.00174. The van der Waals surface area contributed by atoms with Crippen LogP contribution in [0.2, 0.25) is 5.02 Å². The van der Waals surface area contributed by atoms with Crippen LogP contribution in [-0.4, -0.2) is 52.0 Å². The smallest absolute Gasteiger partial charge is 0.435 e. The summed E-state index contributed by atoms with van der Waals surface area (Å²) < 4.78 is 55.8. The lowest BCUT2D eigenvalue weighted by Crippen LogP contribution is -2.10. The quantitative estimate of drug-likeness (QED) is 0.329. The van der Waals surface area contributed by atoms with Gasteiger partial charge in [0.1, 0.15) is 11.3 Å². The average Bonchev–Trinajstić information content (AvgIpc) is 3.38. The number of benzene rings is 1. The first-order chi connectivity index (χ1) is 17.6. The second kappa shape index (κ2) is 10.3. The summed E-state index contributed by atoms with van der Waals surface area (Å²) in [5, 5.41) is 6.95. The molecule has 1 N–H and O–H groups in total. The monoisotopic (exact) mass is 534 g/mol. The van der Waals surface area contributed by atoms with Gasteiger partial charge in [0.15, 0.2) is 11.5 Å². The molecule has 14 heteroatoms. The van der Waals surface area contributed by atoms with E-state index in [0.29, 0.717) is 22.0 Å². The SMILES string of the molecule is COC(=O)c1cc(-c2cnc(Nc3cc(Cl)cc(OC)c3)nc2-n2ccc(C(F)(F)F)n2)cnc1OC. The number of halogens is 4. The van der Waals surface area contributed by atoms with Crippen LogP contribution in [0, 0.1) is 0 Å². The minimum Gasteiger partial charge on any atom is -0.497 e. The van der Waals surface area contributed by atoms with E-state index in [0.717, 1.165) is 16.9 Å². The van der Waals surface area contributed by atoms with Crippen LogP contribution in [0.3, 0.4) is 0 Å². The molecule has 3 aromatic heterocycles. The van der Waals surface area contributed by atoms with Crippen LogP contribution in [0.4, 0.5) is 24.8 Å². The van der Waals surface area contributed by atoms with Crippen molar-refractivity contribution in [3.05, 3.63) is 65.2 Å². The molecule has 3 heterocycles. The number of pyridine rings is 1. The van der Waals surface area contributed by atoms with E-state index in [9.17, 15) is 18.0 Å². The number of hydrogen-bond donors (Lipinski definition) is 1. The number of nitrogens with zero attached hydrogens (tertiary/aromatic N) is 5. The Morgan fingerprint density at radius 1 is 1.05 bits per heavy atom. The van der Waals surface area contributed by atoms with Gasteiger partial charge in [0, 0.05) is 46.5 Å². The zero-order valence-electron chi connectivity index (χ0n) is 19.5. The molecule has 4 aromatic rings. The summed E-state index contributed by atoms with van der Waals surface area (Å²) in [7, 11) is 3.99. The summed E-state index contributed by atoms with van der Waals surface area (Å²) in [5.74, 6) is -0.245. The number of carbonyl (C=O) groups is 1. The molecule has 0 aliphatic heterocycles. The lowest BCUT2D eigenvalue weighted by Gasteiger charge is -2.13. The van der Waals surface area contributed by atoms with Crippen molar-refractivity contribution in [2.75, 3.05) is 26.6 Å². The average molecular weight is 535 g/mol. The van der Waals surface area contributed by atoms with Crippen molar-refractivity contribution in [1.29, 1.82) is 0 Å². The maximum Gasteiger partial charge on any atom is 0.435 e. The molecule has 0 atom stereocenters. The van der Waals surface area contributed by atoms with Gasteiger partial charge in [-0.05, 0) is 24.3 Å². The van der Waals surface area contributed by atoms with Crippen LogP contribution in [0.5, 0.6) is 11.6 Å². The fourth-order valence-electron chi connectivity index (χ4n) is 3.30. The van der Waals surface area contributed by atoms with Gasteiger partial charge in [-0.1, -0.05) is 11.6 Å². The standard InChI is InChI=1S/C23H18ClF3N6O4/c1-35-15-8-13(24)7-14(9-15)30-22-29-11-17(12-6-16(21(34)37-3)20(36-2)28-10-12)19(31-22)33-5-4-18(32-33)23(25,26)27/h4-11H,1-3H3,(H,29,30,31). The van der Waals surface area contributed by atoms with Crippen molar-refractivity contribution < 1.29 is 32.2 Å². The summed E-state index contributed by atoms with van der Waals surface area (Å²) in [6.45, 7) is 0. The molecule has 1 aromatic carbocycles. The molecule has 0 spiro atoms. The minimum atomic E-state index is -4.67. The van der Waals surface area contributed by atoms with Gasteiger partial charge in [0.05, 0.1) is 21.3 Å². The van der Waals surface area contributed by atoms with Crippen LogP contribution in [0.15, 0.2) is 48.9 Å². The van der Waals surface area contributed by atoms with E-state index in [1.54, 1.807) is 18.2 Å². The molecule has 0 bridgehead atoms. The highest BCUT2D eigenvalue weighted by Gasteiger charge is 2.34. The van der Waals surface area contributed by atoms with Crippen molar-refractivity contribution in [2.24, 2.45) is 0 Å². The zero-order valence-corrected chi connectivity index (χ0v) is 20.3. The molecule has 0 unspecified atom stereocenters. The van der Waals surface area contributed by atoms with Crippen LogP contribution in [0.25, 0.3) is 16.9 Å². The van der Waals surface area contributed by atoms with Gasteiger partial charge in [0.2, 0.25) is 11.8 Å². The van der Waals surface area contributed by atoms with Crippen molar-refractivity contribution in [3.63, 3.8) is 0 Å². The predicted octanol–water partition coefficient (Wildman–Crippen LogP) is 4.94. The Kier molecular flexibility index (Phi) is 7.16. The van der Waals surface area contributed by atoms with Crippen LogP contribution in [0.1, 0.15) is 16.1 Å². The molecule has 0 amide bonds. The van der Waals surface area contributed by atoms with Gasteiger partial charge in [0.25, 0.3) is 0 Å². The molecular weight excluding hydrogens is 517 g/mol. The Bertz CT molecular complexity index is 1460. The number of ether oxygens (including phenoxy) is 3. The normalized spacial score (nSPS) is 11.2. The lowest BCUT2D eigenvalue weighted by atomic mass is 10.1. The predicted molar refractivity (Wildman–Crippen MR) is 127 cm³/mol. The van der Waals surface area contributed by atoms with Crippen LogP contribution >= 0.6 is 11.6 Å². The van der Waals surface area contributed by atoms with Gasteiger partial charge < -0.3 is 19.5 Å². The van der Waals surface area contributed by atoms with Gasteiger partial charge in [-0.15, -0.1) is 0 Å². The number of methoxy groups -OCH3 is 3. The Morgan fingerprint density at radius 3 is 2.49 bits per heavy atom. The van der Waals surface area contributed by atoms with E-state index in [1.165, 1.54) is 39.8 Å². The number of anilines is 2. The number of hydrogen-bond acceptors (Lipinski definition) is 9. The molecule has 0 radical (unpaired) electrons. The first-order valence-electron chi connectivity index (χ1n) is 10.4. The van der Waals surface area contributed by atoms with E-state index >= 15 is 0 Å². The largest absolute Gasteiger partial charge is 0.497 e. The zero-order chi connectivity index (χ0) is 26.7. The first-order valence-corrected chi connectivity index (χ1v) is 10.8. The highest BCUT2D eigenvalue weighted by Crippen LogP contribution is 2.32. The molecule has 0 saturated heterocycles. The Balaban J connectivity index is 1.85. The number of aromatic nitrogens is 5. The molecule has 4 rings (SSSR count). The molecule has 0 aliphatic carbocycles. The number of carbonyl (C=O) groups excluding carboxylic acids is 1. The third-order valence-corrected chi connectivity index (χ3v) is 5.21. The van der Waals surface area contributed by atoms with Crippen molar-refractivity contribution in [3.8, 4) is 28.6 Å². The van der Waals surface area contributed by atoms with Crippen LogP contribution in [-0.2, 0) is 10.9 Å². The first kappa shape index (κ1) is 25.7. The molecule has 0 fully saturated rings. The summed E-state index contributed by atoms with van der Waals surface area (Å²) in [6, 6.07) is 7.04. The fraction of sp³-hybridized carbons (Fsp3) is 0.174. The molecular formula is C23H18ClF3N6O4.